The zero-order valence-electron chi connectivity index (χ0n) is 12.0. The molecule has 0 aliphatic heterocycles. The second-order valence-corrected chi connectivity index (χ2v) is 4.49. The monoisotopic (exact) mass is 289 g/mol. The van der Waals surface area contributed by atoms with Crippen molar-refractivity contribution in [2.24, 2.45) is 5.92 Å². The molecule has 2 N–H and O–H groups in total. The molecule has 0 bridgehead atoms. The van der Waals surface area contributed by atoms with E-state index in [1.165, 1.54) is 6.92 Å². The number of carbonyl (C=O) groups is 3. The Balaban J connectivity index is 3.35. The SMILES string of the molecule is CC(=O)COCCOCCNC(=O)CCC(C)C(=O)O. The summed E-state index contributed by atoms with van der Waals surface area (Å²) in [5.74, 6) is -1.63. The van der Waals surface area contributed by atoms with Crippen LogP contribution in [0.25, 0.3) is 0 Å². The van der Waals surface area contributed by atoms with Crippen molar-refractivity contribution in [3.8, 4) is 0 Å². The number of ether oxygens (including phenoxy) is 2. The second-order valence-electron chi connectivity index (χ2n) is 4.49. The van der Waals surface area contributed by atoms with Gasteiger partial charge in [0, 0.05) is 13.0 Å². The van der Waals surface area contributed by atoms with Gasteiger partial charge in [-0.15, -0.1) is 0 Å². The summed E-state index contributed by atoms with van der Waals surface area (Å²) in [7, 11) is 0. The summed E-state index contributed by atoms with van der Waals surface area (Å²) < 4.78 is 10.2. The first-order chi connectivity index (χ1) is 9.43. The maximum absolute atomic E-state index is 11.4. The van der Waals surface area contributed by atoms with Gasteiger partial charge >= 0.3 is 5.97 Å². The summed E-state index contributed by atoms with van der Waals surface area (Å²) >= 11 is 0. The summed E-state index contributed by atoms with van der Waals surface area (Å²) in [6.07, 6.45) is 0.510. The molecule has 20 heavy (non-hydrogen) atoms. The number of hydrogen-bond donors (Lipinski definition) is 2. The van der Waals surface area contributed by atoms with E-state index in [1.54, 1.807) is 6.92 Å². The Morgan fingerprint density at radius 1 is 1.15 bits per heavy atom. The molecule has 7 nitrogen and oxygen atoms in total. The smallest absolute Gasteiger partial charge is 0.306 e. The van der Waals surface area contributed by atoms with Crippen molar-refractivity contribution >= 4 is 17.7 Å². The summed E-state index contributed by atoms with van der Waals surface area (Å²) in [6, 6.07) is 0. The molecule has 1 amide bonds. The van der Waals surface area contributed by atoms with Gasteiger partial charge in [-0.1, -0.05) is 6.92 Å². The van der Waals surface area contributed by atoms with Crippen LogP contribution in [0.4, 0.5) is 0 Å². The molecule has 0 saturated carbocycles. The minimum Gasteiger partial charge on any atom is -0.481 e. The van der Waals surface area contributed by atoms with Crippen molar-refractivity contribution in [3.63, 3.8) is 0 Å². The van der Waals surface area contributed by atoms with Gasteiger partial charge in [0.1, 0.15) is 6.61 Å². The number of ketones is 1. The first kappa shape index (κ1) is 18.5. The van der Waals surface area contributed by atoms with Gasteiger partial charge in [-0.2, -0.15) is 0 Å². The Hall–Kier alpha value is -1.47. The van der Waals surface area contributed by atoms with Crippen molar-refractivity contribution in [3.05, 3.63) is 0 Å². The second kappa shape index (κ2) is 11.4. The van der Waals surface area contributed by atoms with E-state index in [2.05, 4.69) is 5.32 Å². The quantitative estimate of drug-likeness (QED) is 0.498. The minimum atomic E-state index is -0.897. The lowest BCUT2D eigenvalue weighted by Crippen LogP contribution is -2.28. The molecule has 0 rings (SSSR count). The Morgan fingerprint density at radius 2 is 1.80 bits per heavy atom. The highest BCUT2D eigenvalue weighted by Crippen LogP contribution is 2.04. The first-order valence-corrected chi connectivity index (χ1v) is 6.58. The molecule has 1 atom stereocenters. The van der Waals surface area contributed by atoms with Crippen LogP contribution < -0.4 is 5.32 Å². The van der Waals surface area contributed by atoms with Gasteiger partial charge in [0.25, 0.3) is 0 Å². The van der Waals surface area contributed by atoms with E-state index in [1.807, 2.05) is 0 Å². The number of aliphatic carboxylic acids is 1. The molecule has 7 heteroatoms. The van der Waals surface area contributed by atoms with E-state index >= 15 is 0 Å². The van der Waals surface area contributed by atoms with Crippen molar-refractivity contribution in [1.29, 1.82) is 0 Å². The van der Waals surface area contributed by atoms with Crippen LogP contribution >= 0.6 is 0 Å². The third kappa shape index (κ3) is 11.6. The fraction of sp³-hybridized carbons (Fsp3) is 0.769. The zero-order chi connectivity index (χ0) is 15.4. The first-order valence-electron chi connectivity index (χ1n) is 6.58. The number of nitrogens with one attached hydrogen (secondary N) is 1. The summed E-state index contributed by atoms with van der Waals surface area (Å²) in [4.78, 5) is 32.5. The summed E-state index contributed by atoms with van der Waals surface area (Å²) in [6.45, 7) is 4.52. The Bertz CT molecular complexity index is 318. The van der Waals surface area contributed by atoms with E-state index in [4.69, 9.17) is 14.6 Å². The highest BCUT2D eigenvalue weighted by molar-refractivity contribution is 5.77. The Kier molecular flexibility index (Phi) is 10.5. The molecule has 0 spiro atoms. The number of carboxylic acids is 1. The predicted molar refractivity (Wildman–Crippen MR) is 71.4 cm³/mol. The molecule has 0 saturated heterocycles. The van der Waals surface area contributed by atoms with Crippen LogP contribution in [0.3, 0.4) is 0 Å². The lowest BCUT2D eigenvalue weighted by atomic mass is 10.1. The van der Waals surface area contributed by atoms with Crippen molar-refractivity contribution in [1.82, 2.24) is 5.32 Å². The van der Waals surface area contributed by atoms with Gasteiger partial charge in [0.15, 0.2) is 5.78 Å². The fourth-order valence-electron chi connectivity index (χ4n) is 1.26. The summed E-state index contributed by atoms with van der Waals surface area (Å²) in [5.41, 5.74) is 0. The normalized spacial score (nSPS) is 11.9. The van der Waals surface area contributed by atoms with E-state index in [0.717, 1.165) is 0 Å². The molecule has 0 radical (unpaired) electrons. The maximum atomic E-state index is 11.4. The Labute approximate surface area is 118 Å². The average molecular weight is 289 g/mol. The van der Waals surface area contributed by atoms with Crippen LogP contribution in [-0.4, -0.2) is 55.7 Å². The lowest BCUT2D eigenvalue weighted by molar-refractivity contribution is -0.141. The molecule has 0 aliphatic rings. The molecule has 0 fully saturated rings. The van der Waals surface area contributed by atoms with Crippen LogP contribution in [-0.2, 0) is 23.9 Å². The van der Waals surface area contributed by atoms with E-state index in [-0.39, 0.29) is 24.7 Å². The van der Waals surface area contributed by atoms with Crippen LogP contribution in [0.1, 0.15) is 26.7 Å². The van der Waals surface area contributed by atoms with Crippen LogP contribution in [0.2, 0.25) is 0 Å². The van der Waals surface area contributed by atoms with E-state index < -0.39 is 11.9 Å². The van der Waals surface area contributed by atoms with Gasteiger partial charge in [0.2, 0.25) is 5.91 Å². The predicted octanol–water partition coefficient (Wildman–Crippen LogP) is 0.226. The molecular weight excluding hydrogens is 266 g/mol. The van der Waals surface area contributed by atoms with Gasteiger partial charge in [-0.25, -0.2) is 0 Å². The molecule has 0 aromatic rings. The molecule has 0 heterocycles. The largest absolute Gasteiger partial charge is 0.481 e. The van der Waals surface area contributed by atoms with Crippen molar-refractivity contribution < 1.29 is 29.0 Å². The van der Waals surface area contributed by atoms with Crippen molar-refractivity contribution in [2.75, 3.05) is 33.0 Å². The maximum Gasteiger partial charge on any atom is 0.306 e. The van der Waals surface area contributed by atoms with Crippen LogP contribution in [0, 0.1) is 5.92 Å². The highest BCUT2D eigenvalue weighted by atomic mass is 16.5. The number of rotatable bonds is 12. The number of carbonyl (C=O) groups excluding carboxylic acids is 2. The third-order valence-corrected chi connectivity index (χ3v) is 2.47. The molecule has 0 aromatic carbocycles. The average Bonchev–Trinajstić information content (AvgIpc) is 2.38. The number of carboxylic acid groups (broad SMARTS) is 1. The zero-order valence-corrected chi connectivity index (χ0v) is 12.0. The highest BCUT2D eigenvalue weighted by Gasteiger charge is 2.12. The number of amides is 1. The van der Waals surface area contributed by atoms with Gasteiger partial charge in [0.05, 0.1) is 25.7 Å². The third-order valence-electron chi connectivity index (χ3n) is 2.47. The molecule has 1 unspecified atom stereocenters. The number of Topliss-reactive ketones (excluding diaryl/α,β-unsaturated/α-hetero) is 1. The molecule has 0 aromatic heterocycles. The minimum absolute atomic E-state index is 0.0344. The van der Waals surface area contributed by atoms with E-state index in [0.29, 0.717) is 32.8 Å². The topological polar surface area (TPSA) is 102 Å². The number of hydrogen-bond acceptors (Lipinski definition) is 5. The fourth-order valence-corrected chi connectivity index (χ4v) is 1.26. The van der Waals surface area contributed by atoms with Crippen LogP contribution in [0.5, 0.6) is 0 Å². The van der Waals surface area contributed by atoms with Gasteiger partial charge in [-0.05, 0) is 13.3 Å². The van der Waals surface area contributed by atoms with Crippen molar-refractivity contribution in [2.45, 2.75) is 26.7 Å². The molecular formula is C13H23NO6. The van der Waals surface area contributed by atoms with Crippen LogP contribution in [0.15, 0.2) is 0 Å². The van der Waals surface area contributed by atoms with E-state index in [9.17, 15) is 14.4 Å². The van der Waals surface area contributed by atoms with Gasteiger partial charge < -0.3 is 19.9 Å². The lowest BCUT2D eigenvalue weighted by Gasteiger charge is -2.08. The standard InChI is InChI=1S/C13H23NO6/c1-10(13(17)18)3-4-12(16)14-5-6-19-7-8-20-9-11(2)15/h10H,3-9H2,1-2H3,(H,14,16)(H,17,18). The molecule has 0 aliphatic carbocycles. The Morgan fingerprint density at radius 3 is 2.40 bits per heavy atom. The van der Waals surface area contributed by atoms with Gasteiger partial charge in [-0.3, -0.25) is 14.4 Å². The summed E-state index contributed by atoms with van der Waals surface area (Å²) in [5, 5.41) is 11.3. The molecule has 116 valence electrons.